The highest BCUT2D eigenvalue weighted by atomic mass is 32.2. The fourth-order valence-electron chi connectivity index (χ4n) is 1.93. The summed E-state index contributed by atoms with van der Waals surface area (Å²) in [5, 5.41) is 3.55. The van der Waals surface area contributed by atoms with Crippen LogP contribution in [0.25, 0.3) is 0 Å². The predicted octanol–water partition coefficient (Wildman–Crippen LogP) is 5.49. The molecular formula is C18H30N2S2. The normalized spacial score (nSPS) is 12.1. The van der Waals surface area contributed by atoms with E-state index in [0.717, 1.165) is 18.8 Å². The van der Waals surface area contributed by atoms with Gasteiger partial charge in [0.15, 0.2) is 0 Å². The van der Waals surface area contributed by atoms with Gasteiger partial charge in [0.05, 0.1) is 11.4 Å². The van der Waals surface area contributed by atoms with Crippen LogP contribution in [0, 0.1) is 5.92 Å². The summed E-state index contributed by atoms with van der Waals surface area (Å²) in [4.78, 5) is 0. The Morgan fingerprint density at radius 3 is 2.59 bits per heavy atom. The summed E-state index contributed by atoms with van der Waals surface area (Å²) in [5.74, 6) is 1.61. The smallest absolute Gasteiger partial charge is 0.0701 e. The number of rotatable bonds is 9. The van der Waals surface area contributed by atoms with Crippen molar-refractivity contribution in [2.24, 2.45) is 5.92 Å². The number of nitrogens with zero attached hydrogens (tertiary/aromatic N) is 1. The molecule has 0 saturated heterocycles. The molecule has 0 aromatic heterocycles. The minimum atomic E-state index is -0.0337. The monoisotopic (exact) mass is 338 g/mol. The second kappa shape index (κ2) is 9.41. The predicted molar refractivity (Wildman–Crippen MR) is 107 cm³/mol. The first-order chi connectivity index (χ1) is 10.3. The Balaban J connectivity index is 2.91. The molecule has 0 saturated carbocycles. The van der Waals surface area contributed by atoms with Crippen LogP contribution in [0.15, 0.2) is 36.4 Å². The van der Waals surface area contributed by atoms with Crippen LogP contribution in [-0.2, 0) is 0 Å². The lowest BCUT2D eigenvalue weighted by Gasteiger charge is -2.28. The van der Waals surface area contributed by atoms with Gasteiger partial charge in [-0.3, -0.25) is 0 Å². The summed E-state index contributed by atoms with van der Waals surface area (Å²) in [7, 11) is 0. The van der Waals surface area contributed by atoms with Crippen molar-refractivity contribution in [3.63, 3.8) is 0 Å². The van der Waals surface area contributed by atoms with E-state index in [-0.39, 0.29) is 4.75 Å². The summed E-state index contributed by atoms with van der Waals surface area (Å²) < 4.78 is 2.37. The van der Waals surface area contributed by atoms with Crippen molar-refractivity contribution in [2.45, 2.75) is 39.4 Å². The van der Waals surface area contributed by atoms with Crippen molar-refractivity contribution in [1.29, 1.82) is 0 Å². The molecule has 0 bridgehead atoms. The van der Waals surface area contributed by atoms with Gasteiger partial charge in [-0.1, -0.05) is 38.1 Å². The number of nitrogens with one attached hydrogen (secondary N) is 1. The van der Waals surface area contributed by atoms with E-state index in [1.807, 2.05) is 11.9 Å². The summed E-state index contributed by atoms with van der Waals surface area (Å²) in [6.07, 6.45) is 4.30. The summed E-state index contributed by atoms with van der Waals surface area (Å²) in [6, 6.07) is 8.54. The fourth-order valence-corrected chi connectivity index (χ4v) is 3.17. The Kier molecular flexibility index (Phi) is 8.26. The fraction of sp³-hybridized carbons (Fsp3) is 0.556. The van der Waals surface area contributed by atoms with Gasteiger partial charge in [-0.2, -0.15) is 12.6 Å². The quantitative estimate of drug-likeness (QED) is 0.352. The molecule has 0 unspecified atom stereocenters. The van der Waals surface area contributed by atoms with Crippen molar-refractivity contribution in [1.82, 2.24) is 0 Å². The second-order valence-electron chi connectivity index (χ2n) is 6.50. The lowest BCUT2D eigenvalue weighted by atomic mass is 10.2. The van der Waals surface area contributed by atoms with Crippen LogP contribution in [0.5, 0.6) is 0 Å². The van der Waals surface area contributed by atoms with Gasteiger partial charge in [0.2, 0.25) is 0 Å². The van der Waals surface area contributed by atoms with Gasteiger partial charge in [0.25, 0.3) is 0 Å². The Morgan fingerprint density at radius 2 is 2.00 bits per heavy atom. The van der Waals surface area contributed by atoms with Gasteiger partial charge in [-0.05, 0) is 50.8 Å². The van der Waals surface area contributed by atoms with Gasteiger partial charge >= 0.3 is 0 Å². The molecule has 124 valence electrons. The van der Waals surface area contributed by atoms with E-state index in [2.05, 4.69) is 93.3 Å². The molecule has 1 rings (SSSR count). The molecular weight excluding hydrogens is 308 g/mol. The number of para-hydroxylation sites is 2. The van der Waals surface area contributed by atoms with Crippen molar-refractivity contribution < 1.29 is 0 Å². The van der Waals surface area contributed by atoms with E-state index < -0.39 is 0 Å². The molecule has 0 aliphatic carbocycles. The van der Waals surface area contributed by atoms with Gasteiger partial charge in [0.1, 0.15) is 0 Å². The first-order valence-electron chi connectivity index (χ1n) is 7.90. The van der Waals surface area contributed by atoms with Gasteiger partial charge in [-0.15, -0.1) is 0 Å². The van der Waals surface area contributed by atoms with Crippen LogP contribution >= 0.6 is 24.6 Å². The lowest BCUT2D eigenvalue weighted by Crippen LogP contribution is -2.26. The highest BCUT2D eigenvalue weighted by molar-refractivity contribution is 8.00. The highest BCUT2D eigenvalue weighted by Gasteiger charge is 2.15. The van der Waals surface area contributed by atoms with Crippen molar-refractivity contribution >= 4 is 36.0 Å². The van der Waals surface area contributed by atoms with E-state index >= 15 is 0 Å². The van der Waals surface area contributed by atoms with Crippen molar-refractivity contribution in [2.75, 3.05) is 28.5 Å². The average Bonchev–Trinajstić information content (AvgIpc) is 2.43. The Bertz CT molecular complexity index is 464. The molecule has 0 atom stereocenters. The summed E-state index contributed by atoms with van der Waals surface area (Å²) >= 11 is 6.47. The molecule has 0 aliphatic rings. The SMILES string of the molecule is C/C=C/CSN(CC(C)C)c1ccccc1NCC(C)(C)S. The minimum Gasteiger partial charge on any atom is -0.382 e. The third-order valence-corrected chi connectivity index (χ3v) is 4.13. The molecule has 0 radical (unpaired) electrons. The average molecular weight is 339 g/mol. The maximum Gasteiger partial charge on any atom is 0.0701 e. The van der Waals surface area contributed by atoms with E-state index in [9.17, 15) is 0 Å². The molecule has 0 fully saturated rings. The largest absolute Gasteiger partial charge is 0.382 e. The molecule has 0 heterocycles. The number of anilines is 2. The number of benzene rings is 1. The van der Waals surface area contributed by atoms with Crippen LogP contribution in [0.4, 0.5) is 11.4 Å². The van der Waals surface area contributed by atoms with Crippen LogP contribution in [0.2, 0.25) is 0 Å². The number of allylic oxidation sites excluding steroid dienone is 1. The highest BCUT2D eigenvalue weighted by Crippen LogP contribution is 2.32. The third-order valence-electron chi connectivity index (χ3n) is 2.98. The molecule has 0 amide bonds. The third kappa shape index (κ3) is 7.50. The summed E-state index contributed by atoms with van der Waals surface area (Å²) in [6.45, 7) is 12.7. The first kappa shape index (κ1) is 19.3. The number of hydrogen-bond acceptors (Lipinski definition) is 4. The molecule has 0 spiro atoms. The van der Waals surface area contributed by atoms with Gasteiger partial charge < -0.3 is 9.62 Å². The molecule has 1 aromatic carbocycles. The van der Waals surface area contributed by atoms with E-state index in [4.69, 9.17) is 0 Å². The molecule has 1 N–H and O–H groups in total. The molecule has 4 heteroatoms. The van der Waals surface area contributed by atoms with Crippen LogP contribution in [0.3, 0.4) is 0 Å². The second-order valence-corrected chi connectivity index (χ2v) is 8.75. The van der Waals surface area contributed by atoms with Gasteiger partial charge in [-0.25, -0.2) is 0 Å². The number of hydrogen-bond donors (Lipinski definition) is 2. The zero-order valence-corrected chi connectivity index (χ0v) is 16.2. The van der Waals surface area contributed by atoms with Crippen molar-refractivity contribution in [3.05, 3.63) is 36.4 Å². The Hall–Kier alpha value is -0.740. The van der Waals surface area contributed by atoms with Crippen molar-refractivity contribution in [3.8, 4) is 0 Å². The van der Waals surface area contributed by atoms with E-state index in [1.165, 1.54) is 11.4 Å². The minimum absolute atomic E-state index is 0.0337. The van der Waals surface area contributed by atoms with Crippen LogP contribution < -0.4 is 9.62 Å². The maximum atomic E-state index is 4.61. The maximum absolute atomic E-state index is 4.61. The molecule has 0 aliphatic heterocycles. The first-order valence-corrected chi connectivity index (χ1v) is 9.29. The van der Waals surface area contributed by atoms with E-state index in [0.29, 0.717) is 5.92 Å². The molecule has 2 nitrogen and oxygen atoms in total. The Morgan fingerprint density at radius 1 is 1.32 bits per heavy atom. The zero-order valence-electron chi connectivity index (χ0n) is 14.5. The molecule has 22 heavy (non-hydrogen) atoms. The van der Waals surface area contributed by atoms with Crippen LogP contribution in [-0.4, -0.2) is 23.6 Å². The van der Waals surface area contributed by atoms with E-state index in [1.54, 1.807) is 0 Å². The summed E-state index contributed by atoms with van der Waals surface area (Å²) in [5.41, 5.74) is 2.43. The molecule has 1 aromatic rings. The number of thiol groups is 1. The lowest BCUT2D eigenvalue weighted by molar-refractivity contribution is 0.668. The van der Waals surface area contributed by atoms with Crippen LogP contribution in [0.1, 0.15) is 34.6 Å². The standard InChI is InChI=1S/C18H30N2S2/c1-6-7-12-22-20(13-15(2)3)17-11-9-8-10-16(17)19-14-18(4,5)21/h6-11,15,19,21H,12-14H2,1-5H3/b7-6+. The topological polar surface area (TPSA) is 15.3 Å². The Labute approximate surface area is 146 Å². The van der Waals surface area contributed by atoms with Gasteiger partial charge in [0, 0.05) is 23.6 Å². The zero-order chi connectivity index (χ0) is 16.6.